The van der Waals surface area contributed by atoms with E-state index in [2.05, 4.69) is 5.32 Å². The molecule has 0 spiro atoms. The highest BCUT2D eigenvalue weighted by Gasteiger charge is 2.41. The zero-order valence-corrected chi connectivity index (χ0v) is 12.0. The highest BCUT2D eigenvalue weighted by atomic mass is 19.1. The second kappa shape index (κ2) is 6.70. The van der Waals surface area contributed by atoms with Crippen molar-refractivity contribution in [2.75, 3.05) is 0 Å². The number of rotatable bonds is 5. The van der Waals surface area contributed by atoms with Crippen LogP contribution >= 0.6 is 0 Å². The maximum absolute atomic E-state index is 13.5. The fraction of sp³-hybridized carbons (Fsp3) is 0.500. The Bertz CT molecular complexity index is 532. The van der Waals surface area contributed by atoms with Crippen LogP contribution in [0.3, 0.4) is 0 Å². The quantitative estimate of drug-likeness (QED) is 0.877. The van der Waals surface area contributed by atoms with Gasteiger partial charge in [0.05, 0.1) is 11.8 Å². The van der Waals surface area contributed by atoms with Gasteiger partial charge in [-0.15, -0.1) is 0 Å². The summed E-state index contributed by atoms with van der Waals surface area (Å²) in [6.07, 6.45) is 2.01. The van der Waals surface area contributed by atoms with Gasteiger partial charge in [-0.2, -0.15) is 0 Å². The Balaban J connectivity index is 1.99. The number of carboxylic acid groups (broad SMARTS) is 1. The molecule has 114 valence electrons. The molecule has 21 heavy (non-hydrogen) atoms. The van der Waals surface area contributed by atoms with E-state index in [0.29, 0.717) is 18.4 Å². The number of carbonyl (C=O) groups excluding carboxylic acids is 1. The van der Waals surface area contributed by atoms with Crippen molar-refractivity contribution in [3.8, 4) is 0 Å². The van der Waals surface area contributed by atoms with Gasteiger partial charge in [-0.3, -0.25) is 9.59 Å². The van der Waals surface area contributed by atoms with E-state index in [-0.39, 0.29) is 24.2 Å². The highest BCUT2D eigenvalue weighted by Crippen LogP contribution is 2.38. The SMILES string of the molecule is CCC1CC(C(=O)O)C(C(=O)NCc2ccccc2F)C1. The van der Waals surface area contributed by atoms with E-state index in [4.69, 9.17) is 0 Å². The zero-order chi connectivity index (χ0) is 15.4. The zero-order valence-electron chi connectivity index (χ0n) is 12.0. The highest BCUT2D eigenvalue weighted by molar-refractivity contribution is 5.85. The molecule has 0 bridgehead atoms. The first kappa shape index (κ1) is 15.5. The first-order valence-corrected chi connectivity index (χ1v) is 7.26. The molecule has 2 N–H and O–H groups in total. The molecule has 4 nitrogen and oxygen atoms in total. The van der Waals surface area contributed by atoms with E-state index < -0.39 is 17.8 Å². The van der Waals surface area contributed by atoms with Crippen LogP contribution < -0.4 is 5.32 Å². The molecule has 1 amide bonds. The van der Waals surface area contributed by atoms with Gasteiger partial charge in [0.25, 0.3) is 0 Å². The van der Waals surface area contributed by atoms with Crippen LogP contribution in [0.2, 0.25) is 0 Å². The van der Waals surface area contributed by atoms with Gasteiger partial charge < -0.3 is 10.4 Å². The summed E-state index contributed by atoms with van der Waals surface area (Å²) >= 11 is 0. The van der Waals surface area contributed by atoms with E-state index in [9.17, 15) is 19.1 Å². The summed E-state index contributed by atoms with van der Waals surface area (Å²) in [5, 5.41) is 11.9. The third kappa shape index (κ3) is 3.60. The minimum Gasteiger partial charge on any atom is -0.481 e. The Morgan fingerprint density at radius 3 is 2.57 bits per heavy atom. The van der Waals surface area contributed by atoms with Crippen LogP contribution in [-0.4, -0.2) is 17.0 Å². The smallest absolute Gasteiger partial charge is 0.307 e. The summed E-state index contributed by atoms with van der Waals surface area (Å²) in [5.74, 6) is -2.45. The fourth-order valence-electron chi connectivity index (χ4n) is 2.99. The number of hydrogen-bond acceptors (Lipinski definition) is 2. The molecule has 1 aliphatic rings. The Morgan fingerprint density at radius 1 is 1.29 bits per heavy atom. The number of carbonyl (C=O) groups is 2. The number of nitrogens with one attached hydrogen (secondary N) is 1. The first-order valence-electron chi connectivity index (χ1n) is 7.26. The van der Waals surface area contributed by atoms with Crippen LogP contribution in [0, 0.1) is 23.6 Å². The molecule has 5 heteroatoms. The van der Waals surface area contributed by atoms with Crippen molar-refractivity contribution in [3.05, 3.63) is 35.6 Å². The summed E-state index contributed by atoms with van der Waals surface area (Å²) < 4.78 is 13.5. The van der Waals surface area contributed by atoms with Gasteiger partial charge in [0, 0.05) is 12.1 Å². The first-order chi connectivity index (χ1) is 10.0. The lowest BCUT2D eigenvalue weighted by molar-refractivity contribution is -0.146. The predicted octanol–water partition coefficient (Wildman–Crippen LogP) is 2.58. The number of hydrogen-bond donors (Lipinski definition) is 2. The normalized spacial score (nSPS) is 24.8. The molecular formula is C16H20FNO3. The third-order valence-corrected chi connectivity index (χ3v) is 4.30. The molecule has 0 heterocycles. The molecule has 1 aliphatic carbocycles. The molecule has 1 aromatic rings. The van der Waals surface area contributed by atoms with E-state index in [1.807, 2.05) is 6.92 Å². The van der Waals surface area contributed by atoms with Crippen molar-refractivity contribution in [1.29, 1.82) is 0 Å². The summed E-state index contributed by atoms with van der Waals surface area (Å²) in [6, 6.07) is 6.23. The van der Waals surface area contributed by atoms with Gasteiger partial charge in [-0.05, 0) is 24.8 Å². The maximum atomic E-state index is 13.5. The van der Waals surface area contributed by atoms with Gasteiger partial charge in [0.2, 0.25) is 5.91 Å². The van der Waals surface area contributed by atoms with Crippen LogP contribution in [0.1, 0.15) is 31.7 Å². The maximum Gasteiger partial charge on any atom is 0.307 e. The van der Waals surface area contributed by atoms with E-state index >= 15 is 0 Å². The van der Waals surface area contributed by atoms with Gasteiger partial charge >= 0.3 is 5.97 Å². The Morgan fingerprint density at radius 2 is 1.95 bits per heavy atom. The van der Waals surface area contributed by atoms with Gasteiger partial charge in [-0.25, -0.2) is 4.39 Å². The number of aliphatic carboxylic acids is 1. The molecule has 0 aromatic heterocycles. The minimum atomic E-state index is -0.919. The Hall–Kier alpha value is -1.91. The predicted molar refractivity (Wildman–Crippen MR) is 75.9 cm³/mol. The lowest BCUT2D eigenvalue weighted by Crippen LogP contribution is -2.35. The van der Waals surface area contributed by atoms with Crippen LogP contribution in [0.15, 0.2) is 24.3 Å². The third-order valence-electron chi connectivity index (χ3n) is 4.30. The molecule has 0 saturated heterocycles. The molecule has 1 saturated carbocycles. The average Bonchev–Trinajstić information content (AvgIpc) is 2.90. The van der Waals surface area contributed by atoms with Crippen LogP contribution in [0.4, 0.5) is 4.39 Å². The molecule has 0 aliphatic heterocycles. The van der Waals surface area contributed by atoms with Crippen molar-refractivity contribution in [1.82, 2.24) is 5.32 Å². The number of amides is 1. The molecule has 0 radical (unpaired) electrons. The second-order valence-corrected chi connectivity index (χ2v) is 5.61. The second-order valence-electron chi connectivity index (χ2n) is 5.61. The number of benzene rings is 1. The largest absolute Gasteiger partial charge is 0.481 e. The van der Waals surface area contributed by atoms with Gasteiger partial charge in [-0.1, -0.05) is 31.5 Å². The lowest BCUT2D eigenvalue weighted by Gasteiger charge is -2.15. The minimum absolute atomic E-state index is 0.0884. The van der Waals surface area contributed by atoms with Crippen LogP contribution in [-0.2, 0) is 16.1 Å². The van der Waals surface area contributed by atoms with Crippen molar-refractivity contribution >= 4 is 11.9 Å². The summed E-state index contributed by atoms with van der Waals surface area (Å²) in [5.41, 5.74) is 0.405. The van der Waals surface area contributed by atoms with Crippen molar-refractivity contribution in [2.45, 2.75) is 32.7 Å². The standard InChI is InChI=1S/C16H20FNO3/c1-2-10-7-12(13(8-10)16(20)21)15(19)18-9-11-5-3-4-6-14(11)17/h3-6,10,12-13H,2,7-9H2,1H3,(H,18,19)(H,20,21). The molecule has 1 fully saturated rings. The van der Waals surface area contributed by atoms with Crippen LogP contribution in [0.25, 0.3) is 0 Å². The van der Waals surface area contributed by atoms with Gasteiger partial charge in [0.15, 0.2) is 0 Å². The van der Waals surface area contributed by atoms with Gasteiger partial charge in [0.1, 0.15) is 5.82 Å². The van der Waals surface area contributed by atoms with Crippen molar-refractivity contribution in [3.63, 3.8) is 0 Å². The van der Waals surface area contributed by atoms with Crippen molar-refractivity contribution in [2.24, 2.45) is 17.8 Å². The van der Waals surface area contributed by atoms with E-state index in [0.717, 1.165) is 6.42 Å². The average molecular weight is 293 g/mol. The molecule has 3 unspecified atom stereocenters. The fourth-order valence-corrected chi connectivity index (χ4v) is 2.99. The van der Waals surface area contributed by atoms with E-state index in [1.54, 1.807) is 18.2 Å². The van der Waals surface area contributed by atoms with E-state index in [1.165, 1.54) is 6.07 Å². The summed E-state index contributed by atoms with van der Waals surface area (Å²) in [6.45, 7) is 2.09. The molecule has 2 rings (SSSR count). The molecule has 3 atom stereocenters. The monoisotopic (exact) mass is 293 g/mol. The number of halogens is 1. The topological polar surface area (TPSA) is 66.4 Å². The number of carboxylic acids is 1. The molecule has 1 aromatic carbocycles. The lowest BCUT2D eigenvalue weighted by atomic mass is 9.95. The summed E-state index contributed by atoms with van der Waals surface area (Å²) in [7, 11) is 0. The Kier molecular flexibility index (Phi) is 4.94. The van der Waals surface area contributed by atoms with Crippen LogP contribution in [0.5, 0.6) is 0 Å². The summed E-state index contributed by atoms with van der Waals surface area (Å²) in [4.78, 5) is 23.5. The van der Waals surface area contributed by atoms with Crippen molar-refractivity contribution < 1.29 is 19.1 Å². The Labute approximate surface area is 123 Å². The molecular weight excluding hydrogens is 273 g/mol.